The van der Waals surface area contributed by atoms with E-state index in [4.69, 9.17) is 0 Å². The molecule has 0 amide bonds. The number of aryl methyl sites for hydroxylation is 1. The van der Waals surface area contributed by atoms with Gasteiger partial charge in [0.15, 0.2) is 0 Å². The Balaban J connectivity index is 2.05. The third kappa shape index (κ3) is 3.64. The van der Waals surface area contributed by atoms with E-state index < -0.39 is 11.9 Å². The molecule has 7 heteroatoms. The van der Waals surface area contributed by atoms with Gasteiger partial charge in [0, 0.05) is 6.20 Å². The Labute approximate surface area is 107 Å². The molecule has 1 N–H and O–H groups in total. The SMILES string of the molecule is Cc1cnc(CNc2cccc(C(F)(F)F)n2)cn1. The molecule has 2 heterocycles. The fraction of sp³-hybridized carbons (Fsp3) is 0.250. The molecule has 0 aliphatic carbocycles. The van der Waals surface area contributed by atoms with E-state index in [1.807, 2.05) is 0 Å². The van der Waals surface area contributed by atoms with Crippen molar-refractivity contribution in [1.82, 2.24) is 15.0 Å². The van der Waals surface area contributed by atoms with Gasteiger partial charge in [-0.15, -0.1) is 0 Å². The standard InChI is InChI=1S/C12H11F3N4/c1-8-5-17-9(6-16-8)7-18-11-4-2-3-10(19-11)12(13,14)15/h2-6H,7H2,1H3,(H,18,19). The average molecular weight is 268 g/mol. The molecule has 0 saturated carbocycles. The Kier molecular flexibility index (Phi) is 3.64. The summed E-state index contributed by atoms with van der Waals surface area (Å²) in [6.45, 7) is 2.07. The summed E-state index contributed by atoms with van der Waals surface area (Å²) in [5.74, 6) is 0.150. The topological polar surface area (TPSA) is 50.7 Å². The first-order valence-electron chi connectivity index (χ1n) is 5.51. The van der Waals surface area contributed by atoms with E-state index in [1.165, 1.54) is 12.1 Å². The second-order valence-corrected chi connectivity index (χ2v) is 3.91. The first-order chi connectivity index (χ1) is 8.95. The molecular formula is C12H11F3N4. The van der Waals surface area contributed by atoms with Crippen LogP contribution in [0.25, 0.3) is 0 Å². The summed E-state index contributed by atoms with van der Waals surface area (Å²) in [6, 6.07) is 3.70. The second kappa shape index (κ2) is 5.21. The summed E-state index contributed by atoms with van der Waals surface area (Å²) in [5, 5.41) is 2.78. The molecule has 0 fully saturated rings. The van der Waals surface area contributed by atoms with Gasteiger partial charge >= 0.3 is 6.18 Å². The van der Waals surface area contributed by atoms with Crippen LogP contribution in [-0.2, 0) is 12.7 Å². The highest BCUT2D eigenvalue weighted by Crippen LogP contribution is 2.28. The zero-order valence-corrected chi connectivity index (χ0v) is 10.1. The molecular weight excluding hydrogens is 257 g/mol. The minimum Gasteiger partial charge on any atom is -0.364 e. The molecule has 0 unspecified atom stereocenters. The van der Waals surface area contributed by atoms with Gasteiger partial charge in [0.25, 0.3) is 0 Å². The van der Waals surface area contributed by atoms with Crippen LogP contribution in [0.1, 0.15) is 17.1 Å². The van der Waals surface area contributed by atoms with Gasteiger partial charge in [-0.2, -0.15) is 13.2 Å². The third-order valence-corrected chi connectivity index (χ3v) is 2.32. The van der Waals surface area contributed by atoms with E-state index in [1.54, 1.807) is 19.3 Å². The maximum Gasteiger partial charge on any atom is 0.433 e. The largest absolute Gasteiger partial charge is 0.433 e. The van der Waals surface area contributed by atoms with Gasteiger partial charge in [0.2, 0.25) is 0 Å². The van der Waals surface area contributed by atoms with Crippen molar-refractivity contribution < 1.29 is 13.2 Å². The molecule has 0 aliphatic rings. The van der Waals surface area contributed by atoms with Crippen LogP contribution in [0.5, 0.6) is 0 Å². The van der Waals surface area contributed by atoms with Gasteiger partial charge in [-0.25, -0.2) is 4.98 Å². The lowest BCUT2D eigenvalue weighted by atomic mass is 10.3. The van der Waals surface area contributed by atoms with Crippen molar-refractivity contribution in [2.24, 2.45) is 0 Å². The number of hydrogen-bond donors (Lipinski definition) is 1. The fourth-order valence-electron chi connectivity index (χ4n) is 1.38. The number of nitrogens with one attached hydrogen (secondary N) is 1. The number of anilines is 1. The summed E-state index contributed by atoms with van der Waals surface area (Å²) in [5.41, 5.74) is 0.484. The number of aromatic nitrogens is 3. The van der Waals surface area contributed by atoms with Crippen LogP contribution in [0.4, 0.5) is 19.0 Å². The predicted octanol–water partition coefficient (Wildman–Crippen LogP) is 2.81. The molecule has 100 valence electrons. The van der Waals surface area contributed by atoms with E-state index in [2.05, 4.69) is 20.3 Å². The maximum atomic E-state index is 12.5. The smallest absolute Gasteiger partial charge is 0.364 e. The molecule has 4 nitrogen and oxygen atoms in total. The number of alkyl halides is 3. The first kappa shape index (κ1) is 13.3. The van der Waals surface area contributed by atoms with Crippen LogP contribution >= 0.6 is 0 Å². The monoisotopic (exact) mass is 268 g/mol. The Morgan fingerprint density at radius 3 is 2.58 bits per heavy atom. The lowest BCUT2D eigenvalue weighted by Crippen LogP contribution is -2.10. The van der Waals surface area contributed by atoms with E-state index in [-0.39, 0.29) is 12.4 Å². The van der Waals surface area contributed by atoms with Crippen molar-refractivity contribution in [3.05, 3.63) is 47.7 Å². The van der Waals surface area contributed by atoms with Crippen molar-refractivity contribution in [2.75, 3.05) is 5.32 Å². The van der Waals surface area contributed by atoms with Crippen molar-refractivity contribution in [3.8, 4) is 0 Å². The summed E-state index contributed by atoms with van der Waals surface area (Å²) in [7, 11) is 0. The molecule has 2 rings (SSSR count). The van der Waals surface area contributed by atoms with Gasteiger partial charge in [-0.3, -0.25) is 9.97 Å². The van der Waals surface area contributed by atoms with Gasteiger partial charge in [0.1, 0.15) is 11.5 Å². The summed E-state index contributed by atoms with van der Waals surface area (Å²) >= 11 is 0. The van der Waals surface area contributed by atoms with E-state index in [0.717, 1.165) is 11.8 Å². The van der Waals surface area contributed by atoms with Crippen LogP contribution in [0.2, 0.25) is 0 Å². The van der Waals surface area contributed by atoms with Gasteiger partial charge < -0.3 is 5.32 Å². The molecule has 0 bridgehead atoms. The minimum absolute atomic E-state index is 0.150. The average Bonchev–Trinajstić information content (AvgIpc) is 2.37. The zero-order valence-electron chi connectivity index (χ0n) is 10.1. The van der Waals surface area contributed by atoms with Crippen LogP contribution in [0, 0.1) is 6.92 Å². The van der Waals surface area contributed by atoms with Crippen molar-refractivity contribution in [3.63, 3.8) is 0 Å². The number of hydrogen-bond acceptors (Lipinski definition) is 4. The molecule has 0 aromatic carbocycles. The van der Waals surface area contributed by atoms with Crippen molar-refractivity contribution in [2.45, 2.75) is 19.6 Å². The highest BCUT2D eigenvalue weighted by molar-refractivity contribution is 5.36. The molecule has 0 radical (unpaired) electrons. The van der Waals surface area contributed by atoms with Gasteiger partial charge in [-0.05, 0) is 19.1 Å². The van der Waals surface area contributed by atoms with Crippen LogP contribution in [0.15, 0.2) is 30.6 Å². The number of pyridine rings is 1. The summed E-state index contributed by atoms with van der Waals surface area (Å²) in [6.07, 6.45) is -1.28. The van der Waals surface area contributed by atoms with Crippen LogP contribution in [-0.4, -0.2) is 15.0 Å². The summed E-state index contributed by atoms with van der Waals surface area (Å²) < 4.78 is 37.4. The molecule has 0 atom stereocenters. The highest BCUT2D eigenvalue weighted by Gasteiger charge is 2.32. The fourth-order valence-corrected chi connectivity index (χ4v) is 1.38. The second-order valence-electron chi connectivity index (χ2n) is 3.91. The van der Waals surface area contributed by atoms with Crippen LogP contribution in [0.3, 0.4) is 0 Å². The van der Waals surface area contributed by atoms with Crippen molar-refractivity contribution >= 4 is 5.82 Å². The zero-order chi connectivity index (χ0) is 13.9. The number of nitrogens with zero attached hydrogens (tertiary/aromatic N) is 3. The third-order valence-electron chi connectivity index (χ3n) is 2.32. The molecule has 0 spiro atoms. The van der Waals surface area contributed by atoms with E-state index in [0.29, 0.717) is 5.69 Å². The van der Waals surface area contributed by atoms with E-state index >= 15 is 0 Å². The molecule has 19 heavy (non-hydrogen) atoms. The van der Waals surface area contributed by atoms with E-state index in [9.17, 15) is 13.2 Å². The molecule has 2 aromatic heterocycles. The Bertz CT molecular complexity index is 552. The first-order valence-corrected chi connectivity index (χ1v) is 5.51. The lowest BCUT2D eigenvalue weighted by molar-refractivity contribution is -0.141. The minimum atomic E-state index is -4.44. The normalized spacial score (nSPS) is 11.4. The van der Waals surface area contributed by atoms with Gasteiger partial charge in [-0.1, -0.05) is 6.07 Å². The molecule has 0 saturated heterocycles. The number of rotatable bonds is 3. The quantitative estimate of drug-likeness (QED) is 0.930. The van der Waals surface area contributed by atoms with Gasteiger partial charge in [0.05, 0.1) is 24.1 Å². The molecule has 2 aromatic rings. The predicted molar refractivity (Wildman–Crippen MR) is 63.3 cm³/mol. The maximum absolute atomic E-state index is 12.5. The number of halogens is 3. The highest BCUT2D eigenvalue weighted by atomic mass is 19.4. The Morgan fingerprint density at radius 2 is 1.95 bits per heavy atom. The lowest BCUT2D eigenvalue weighted by Gasteiger charge is -2.09. The van der Waals surface area contributed by atoms with Crippen LogP contribution < -0.4 is 5.32 Å². The summed E-state index contributed by atoms with van der Waals surface area (Å²) in [4.78, 5) is 11.6. The van der Waals surface area contributed by atoms with Crippen molar-refractivity contribution in [1.29, 1.82) is 0 Å². The Hall–Kier alpha value is -2.18. The molecule has 0 aliphatic heterocycles. The Morgan fingerprint density at radius 1 is 1.16 bits per heavy atom.